The Kier molecular flexibility index (Phi) is 2.49. The van der Waals surface area contributed by atoms with Gasteiger partial charge in [0, 0.05) is 12.0 Å². The maximum atomic E-state index is 9.64. The molecule has 0 bridgehead atoms. The molecule has 0 radical (unpaired) electrons. The van der Waals surface area contributed by atoms with Crippen LogP contribution in [0.3, 0.4) is 0 Å². The van der Waals surface area contributed by atoms with Gasteiger partial charge in [0.25, 0.3) is 0 Å². The maximum Gasteiger partial charge on any atom is 0.157 e. The van der Waals surface area contributed by atoms with E-state index in [9.17, 15) is 10.2 Å². The average molecular weight is 241 g/mol. The first-order valence-corrected chi connectivity index (χ1v) is 6.02. The lowest BCUT2D eigenvalue weighted by Crippen LogP contribution is -2.25. The Bertz CT molecular complexity index is 581. The Morgan fingerprint density at radius 1 is 1.00 bits per heavy atom. The number of phenols is 2. The fourth-order valence-corrected chi connectivity index (χ4v) is 2.79. The van der Waals surface area contributed by atoms with Crippen LogP contribution in [0.2, 0.25) is 0 Å². The Morgan fingerprint density at radius 2 is 1.67 bits per heavy atom. The quantitative estimate of drug-likeness (QED) is 0.670. The van der Waals surface area contributed by atoms with E-state index in [1.54, 1.807) is 12.1 Å². The standard InChI is InChI=1S/C15H15NO2/c16-12-6-10-7-13(17)14(18)8-11(10)15(12)9-4-2-1-3-5-9/h1-5,7-8,12,15,17-18H,6,16H2/t12-,15-/m1/s1. The molecule has 1 aliphatic carbocycles. The number of rotatable bonds is 1. The molecule has 0 amide bonds. The highest BCUT2D eigenvalue weighted by atomic mass is 16.3. The van der Waals surface area contributed by atoms with E-state index in [1.807, 2.05) is 30.3 Å². The van der Waals surface area contributed by atoms with E-state index >= 15 is 0 Å². The Labute approximate surface area is 106 Å². The highest BCUT2D eigenvalue weighted by Crippen LogP contribution is 2.41. The van der Waals surface area contributed by atoms with Gasteiger partial charge in [-0.2, -0.15) is 0 Å². The summed E-state index contributed by atoms with van der Waals surface area (Å²) in [5, 5.41) is 19.2. The predicted octanol–water partition coefficient (Wildman–Crippen LogP) is 2.11. The number of hydrogen-bond acceptors (Lipinski definition) is 3. The van der Waals surface area contributed by atoms with Crippen LogP contribution in [-0.2, 0) is 6.42 Å². The molecule has 2 atom stereocenters. The molecule has 2 aromatic carbocycles. The van der Waals surface area contributed by atoms with Crippen molar-refractivity contribution in [3.63, 3.8) is 0 Å². The fourth-order valence-electron chi connectivity index (χ4n) is 2.79. The molecule has 3 nitrogen and oxygen atoms in total. The highest BCUT2D eigenvalue weighted by molar-refractivity contribution is 5.53. The van der Waals surface area contributed by atoms with Crippen molar-refractivity contribution in [3.05, 3.63) is 59.2 Å². The normalized spacial score (nSPS) is 21.8. The van der Waals surface area contributed by atoms with Crippen molar-refractivity contribution in [3.8, 4) is 11.5 Å². The van der Waals surface area contributed by atoms with Crippen LogP contribution in [0.4, 0.5) is 0 Å². The summed E-state index contributed by atoms with van der Waals surface area (Å²) in [6.45, 7) is 0. The third-order valence-corrected chi connectivity index (χ3v) is 3.61. The van der Waals surface area contributed by atoms with E-state index < -0.39 is 0 Å². The van der Waals surface area contributed by atoms with Crippen molar-refractivity contribution < 1.29 is 10.2 Å². The van der Waals surface area contributed by atoms with Crippen LogP contribution in [0.15, 0.2) is 42.5 Å². The van der Waals surface area contributed by atoms with Gasteiger partial charge >= 0.3 is 0 Å². The minimum Gasteiger partial charge on any atom is -0.504 e. The smallest absolute Gasteiger partial charge is 0.157 e. The van der Waals surface area contributed by atoms with Crippen LogP contribution in [0.1, 0.15) is 22.6 Å². The van der Waals surface area contributed by atoms with E-state index in [2.05, 4.69) is 0 Å². The molecule has 0 saturated heterocycles. The summed E-state index contributed by atoms with van der Waals surface area (Å²) in [7, 11) is 0. The molecule has 0 spiro atoms. The van der Waals surface area contributed by atoms with Gasteiger partial charge < -0.3 is 15.9 Å². The van der Waals surface area contributed by atoms with E-state index in [4.69, 9.17) is 5.73 Å². The van der Waals surface area contributed by atoms with Crippen LogP contribution in [0.5, 0.6) is 11.5 Å². The molecule has 0 unspecified atom stereocenters. The zero-order chi connectivity index (χ0) is 12.7. The van der Waals surface area contributed by atoms with Gasteiger partial charge in [-0.15, -0.1) is 0 Å². The molecule has 3 heteroatoms. The van der Waals surface area contributed by atoms with Crippen LogP contribution >= 0.6 is 0 Å². The second kappa shape index (κ2) is 4.03. The van der Waals surface area contributed by atoms with Crippen LogP contribution < -0.4 is 5.73 Å². The maximum absolute atomic E-state index is 9.64. The van der Waals surface area contributed by atoms with Crippen LogP contribution in [0.25, 0.3) is 0 Å². The van der Waals surface area contributed by atoms with Crippen LogP contribution in [-0.4, -0.2) is 16.3 Å². The van der Waals surface area contributed by atoms with Gasteiger partial charge in [0.2, 0.25) is 0 Å². The zero-order valence-electron chi connectivity index (χ0n) is 9.88. The Balaban J connectivity index is 2.12. The van der Waals surface area contributed by atoms with E-state index in [1.165, 1.54) is 0 Å². The van der Waals surface area contributed by atoms with Crippen molar-refractivity contribution in [1.29, 1.82) is 0 Å². The first kappa shape index (κ1) is 11.1. The molecule has 92 valence electrons. The monoisotopic (exact) mass is 241 g/mol. The predicted molar refractivity (Wildman–Crippen MR) is 69.7 cm³/mol. The SMILES string of the molecule is N[C@@H]1Cc2cc(O)c(O)cc2[C@H]1c1ccccc1. The van der Waals surface area contributed by atoms with Gasteiger partial charge in [0.1, 0.15) is 0 Å². The highest BCUT2D eigenvalue weighted by Gasteiger charge is 2.32. The molecule has 0 aromatic heterocycles. The summed E-state index contributed by atoms with van der Waals surface area (Å²) >= 11 is 0. The molecule has 18 heavy (non-hydrogen) atoms. The van der Waals surface area contributed by atoms with E-state index in [-0.39, 0.29) is 23.5 Å². The topological polar surface area (TPSA) is 66.5 Å². The summed E-state index contributed by atoms with van der Waals surface area (Å²) < 4.78 is 0. The number of hydrogen-bond donors (Lipinski definition) is 3. The molecule has 0 fully saturated rings. The number of phenolic OH excluding ortho intramolecular Hbond substituents is 2. The first-order valence-electron chi connectivity index (χ1n) is 6.02. The van der Waals surface area contributed by atoms with Gasteiger partial charge in [0.05, 0.1) is 0 Å². The van der Waals surface area contributed by atoms with Gasteiger partial charge in [0.15, 0.2) is 11.5 Å². The van der Waals surface area contributed by atoms with Gasteiger partial charge in [-0.1, -0.05) is 30.3 Å². The molecular weight excluding hydrogens is 226 g/mol. The summed E-state index contributed by atoms with van der Waals surface area (Å²) in [5.74, 6) is -0.0638. The lowest BCUT2D eigenvalue weighted by molar-refractivity contribution is 0.403. The molecule has 0 aliphatic heterocycles. The molecular formula is C15H15NO2. The van der Waals surface area contributed by atoms with Crippen molar-refractivity contribution in [1.82, 2.24) is 0 Å². The number of benzene rings is 2. The Morgan fingerprint density at radius 3 is 2.39 bits per heavy atom. The molecule has 2 aromatic rings. The summed E-state index contributed by atoms with van der Waals surface area (Å²) in [6, 6.07) is 13.3. The van der Waals surface area contributed by atoms with Gasteiger partial charge in [-0.05, 0) is 35.2 Å². The minimum atomic E-state index is -0.0798. The third kappa shape index (κ3) is 1.64. The summed E-state index contributed by atoms with van der Waals surface area (Å²) in [4.78, 5) is 0. The van der Waals surface area contributed by atoms with E-state index in [0.29, 0.717) is 0 Å². The molecule has 1 aliphatic rings. The molecule has 3 rings (SSSR count). The lowest BCUT2D eigenvalue weighted by atomic mass is 9.90. The third-order valence-electron chi connectivity index (χ3n) is 3.61. The average Bonchev–Trinajstić information content (AvgIpc) is 2.66. The summed E-state index contributed by atoms with van der Waals surface area (Å²) in [5.41, 5.74) is 9.38. The number of aromatic hydroxyl groups is 2. The zero-order valence-corrected chi connectivity index (χ0v) is 9.88. The lowest BCUT2D eigenvalue weighted by Gasteiger charge is -2.17. The van der Waals surface area contributed by atoms with Gasteiger partial charge in [-0.3, -0.25) is 0 Å². The molecule has 4 N–H and O–H groups in total. The first-order chi connectivity index (χ1) is 8.66. The number of nitrogens with two attached hydrogens (primary N) is 1. The number of fused-ring (bicyclic) bond motifs is 1. The van der Waals surface area contributed by atoms with Crippen molar-refractivity contribution in [2.24, 2.45) is 5.73 Å². The van der Waals surface area contributed by atoms with Crippen molar-refractivity contribution in [2.45, 2.75) is 18.4 Å². The second-order valence-corrected chi connectivity index (χ2v) is 4.80. The van der Waals surface area contributed by atoms with E-state index in [0.717, 1.165) is 23.1 Å². The van der Waals surface area contributed by atoms with Crippen molar-refractivity contribution in [2.75, 3.05) is 0 Å². The van der Waals surface area contributed by atoms with Crippen LogP contribution in [0, 0.1) is 0 Å². The second-order valence-electron chi connectivity index (χ2n) is 4.80. The largest absolute Gasteiger partial charge is 0.504 e. The van der Waals surface area contributed by atoms with Gasteiger partial charge in [-0.25, -0.2) is 0 Å². The fraction of sp³-hybridized carbons (Fsp3) is 0.200. The molecule has 0 saturated carbocycles. The minimum absolute atomic E-state index is 0.0106. The molecule has 0 heterocycles. The van der Waals surface area contributed by atoms with Crippen molar-refractivity contribution >= 4 is 0 Å². The Hall–Kier alpha value is -2.00. The summed E-state index contributed by atoms with van der Waals surface area (Å²) in [6.07, 6.45) is 0.725.